The molecule has 0 unspecified atom stereocenters. The number of H-pyrrole nitrogens is 4. The van der Waals surface area contributed by atoms with E-state index in [4.69, 9.17) is 18.9 Å². The first-order valence-electron chi connectivity index (χ1n) is 52.0. The number of nitrogens with one attached hydrogen (secondary N) is 4. The van der Waals surface area contributed by atoms with E-state index in [9.17, 15) is 26.3 Å². The number of alkyl halides is 7. The van der Waals surface area contributed by atoms with Gasteiger partial charge in [0.25, 0.3) is 0 Å². The van der Waals surface area contributed by atoms with Gasteiger partial charge in [0.2, 0.25) is 0 Å². The predicted molar refractivity (Wildman–Crippen MR) is 545 cm³/mol. The van der Waals surface area contributed by atoms with Gasteiger partial charge in [0.1, 0.15) is 100 Å². The predicted octanol–water partition coefficient (Wildman–Crippen LogP) is 25.2. The Morgan fingerprint density at radius 2 is 0.662 bits per heavy atom. The molecule has 4 fully saturated rings. The zero-order valence-electron chi connectivity index (χ0n) is 85.6. The minimum atomic E-state index is -4.53. The van der Waals surface area contributed by atoms with Gasteiger partial charge in [-0.25, -0.2) is 43.9 Å². The fourth-order valence-corrected chi connectivity index (χ4v) is 23.0. The molecule has 4 aromatic heterocycles. The van der Waals surface area contributed by atoms with E-state index in [0.717, 1.165) is 166 Å². The first-order chi connectivity index (χ1) is 69.2. The smallest absolute Gasteiger partial charge is 0.401 e. The number of fused-ring (bicyclic) bond motifs is 12. The fraction of sp³-hybridized carbons (Fsp3) is 0.513. The van der Waals surface area contributed by atoms with Crippen molar-refractivity contribution in [3.05, 3.63) is 260 Å². The summed E-state index contributed by atoms with van der Waals surface area (Å²) >= 11 is 0. The third kappa shape index (κ3) is 24.1. The van der Waals surface area contributed by atoms with E-state index in [-0.39, 0.29) is 104 Å². The SMILES string of the molecule is CCC1CN(CCCOc2cc(F)c([C@@H]3c4[nH]c5ccccc5c4C[C@@H](C)N3CC(C)(C)F)c(F)c2)C1.CCC1CN(CCOc2cc(F)c([C@@H]3c4[nH]c5ccccc5c4C[C@@H](C)N3CC(F)(F)F)c(F)c2)C1.CCCCN1CC(Oc2ccc([C@@H]3c4[nH]c5ccccc5c4C[C@@H](C)N3CC(C)(C)F)c(F)c2)C1.CC[C@@](C)(F)CN1[C@H](c2c(F)cc(OCCN3CC(CF)C3)cc2F)c2[nH]c3ccccc3c2C[C@H]1C. The number of likely N-dealkylation sites (tertiary alicyclic amines) is 4. The van der Waals surface area contributed by atoms with Crippen molar-refractivity contribution in [2.75, 3.05) is 131 Å². The fourth-order valence-electron chi connectivity index (χ4n) is 23.0. The minimum Gasteiger partial charge on any atom is -0.493 e. The van der Waals surface area contributed by atoms with Crippen molar-refractivity contribution in [1.29, 1.82) is 0 Å². The van der Waals surface area contributed by atoms with Crippen molar-refractivity contribution in [3.8, 4) is 23.0 Å². The Labute approximate surface area is 842 Å². The number of hydrogen-bond acceptors (Lipinski definition) is 12. The molecule has 0 aliphatic carbocycles. The molecule has 145 heavy (non-hydrogen) atoms. The van der Waals surface area contributed by atoms with E-state index in [1.807, 2.05) is 126 Å². The third-order valence-electron chi connectivity index (χ3n) is 30.8. The average Bonchev–Trinajstić information content (AvgIpc) is 1.65. The van der Waals surface area contributed by atoms with Crippen LogP contribution in [0.5, 0.6) is 23.0 Å². The molecule has 8 aliphatic rings. The number of nitrogens with zero attached hydrogens (tertiary/aromatic N) is 8. The second-order valence-electron chi connectivity index (χ2n) is 43.3. The molecule has 12 heterocycles. The zero-order valence-corrected chi connectivity index (χ0v) is 85.6. The van der Waals surface area contributed by atoms with Crippen molar-refractivity contribution in [2.45, 2.75) is 232 Å². The molecular weight excluding hydrogens is 1880 g/mol. The highest BCUT2D eigenvalue weighted by Crippen LogP contribution is 2.51. The Hall–Kier alpha value is -10.2. The number of benzene rings is 8. The van der Waals surface area contributed by atoms with Crippen LogP contribution < -0.4 is 18.9 Å². The highest BCUT2D eigenvalue weighted by atomic mass is 19.4. The molecule has 0 spiro atoms. The molecule has 9 atom stereocenters. The first kappa shape index (κ1) is 106. The maximum absolute atomic E-state index is 15.7. The van der Waals surface area contributed by atoms with Gasteiger partial charge in [-0.15, -0.1) is 0 Å². The Morgan fingerprint density at radius 1 is 0.345 bits per heavy atom. The highest BCUT2D eigenvalue weighted by Gasteiger charge is 2.49. The molecule has 30 heteroatoms. The summed E-state index contributed by atoms with van der Waals surface area (Å²) in [5.41, 5.74) is 5.96. The van der Waals surface area contributed by atoms with Gasteiger partial charge >= 0.3 is 6.18 Å². The standard InChI is InChI=1S/C30H38F3N3O.C29H35F4N3O.C29H37F2N3O.C27H30F5N3O/c1-5-20-16-35(17-20)11-8-12-37-21-14-24(31)27(25(32)15-21)29-28-23(22-9-6-7-10-26(22)34-28)13-19(2)36(29)18-30(3,4)33;1-4-29(3,33)17-36-18(2)11-22-21-7-5-6-8-25(21)34-27(22)28(36)26-23(31)12-20(13-24(26)32)37-10-9-35-15-19(14-30)16-35;1-5-6-13-33-16-21(17-33)35-20-11-12-23(25(30)15-20)28-27-24(22-9-7-8-10-26(22)32-27)14-19(2)34(28)18-29(3,4)31;1-3-17-13-34(14-17)8-9-36-18-11-21(28)24(22(29)12-18)26-25-20(19-6-4-5-7-23(19)33-25)10-16(2)35(26)15-27(30,31)32/h6-7,9-10,14-15,19-20,29,34H,5,8,11-13,16-18H2,1-4H3;5-8,12-13,18-19,28,34H,4,9-11,14-17H2,1-3H3;7-12,15,19,21,28,32H,5-6,13-14,16-18H2,1-4H3;4-7,11-12,16-17,26,33H,3,8-10,13-15H2,1-2H3/t19-,29-;18-,28-,29-;19-,28-;16-,26-/m1111/s1. The number of aromatic amines is 4. The summed E-state index contributed by atoms with van der Waals surface area (Å²) in [6.45, 7) is 34.1. The van der Waals surface area contributed by atoms with Crippen molar-refractivity contribution in [2.24, 2.45) is 17.8 Å². The number of rotatable bonds is 33. The summed E-state index contributed by atoms with van der Waals surface area (Å²) in [7, 11) is 0. The van der Waals surface area contributed by atoms with Crippen LogP contribution in [0.25, 0.3) is 43.6 Å². The van der Waals surface area contributed by atoms with Crippen molar-refractivity contribution < 1.29 is 80.4 Å². The molecule has 782 valence electrons. The number of aromatic nitrogens is 4. The van der Waals surface area contributed by atoms with Gasteiger partial charge in [-0.2, -0.15) is 13.2 Å². The Morgan fingerprint density at radius 3 is 1.01 bits per heavy atom. The molecule has 8 aliphatic heterocycles. The largest absolute Gasteiger partial charge is 0.493 e. The number of para-hydroxylation sites is 4. The lowest BCUT2D eigenvalue weighted by atomic mass is 9.86. The first-order valence-corrected chi connectivity index (χ1v) is 52.0. The van der Waals surface area contributed by atoms with Crippen molar-refractivity contribution in [3.63, 3.8) is 0 Å². The van der Waals surface area contributed by atoms with Gasteiger partial charge in [-0.05, 0) is 178 Å². The topological polar surface area (TPSA) is 126 Å². The average molecular weight is 2020 g/mol. The van der Waals surface area contributed by atoms with Crippen molar-refractivity contribution in [1.82, 2.24) is 59.1 Å². The molecule has 8 aromatic carbocycles. The lowest BCUT2D eigenvalue weighted by molar-refractivity contribution is -0.155. The summed E-state index contributed by atoms with van der Waals surface area (Å²) in [6.07, 6.45) is 3.85. The minimum absolute atomic E-state index is 0.0319. The van der Waals surface area contributed by atoms with E-state index in [1.165, 1.54) is 75.9 Å². The molecule has 12 aromatic rings. The second-order valence-corrected chi connectivity index (χ2v) is 43.3. The quantitative estimate of drug-likeness (QED) is 0.0231. The molecule has 20 rings (SSSR count). The van der Waals surface area contributed by atoms with Gasteiger partial charge in [-0.3, -0.25) is 38.7 Å². The molecule has 4 saturated heterocycles. The molecule has 0 amide bonds. The number of unbranched alkanes of at least 4 members (excludes halogenated alkanes) is 1. The number of ether oxygens (including phenoxy) is 4. The normalized spacial score (nSPS) is 21.8. The van der Waals surface area contributed by atoms with Crippen LogP contribution in [0.3, 0.4) is 0 Å². The van der Waals surface area contributed by atoms with Gasteiger partial charge in [0.05, 0.1) is 44.0 Å². The molecule has 0 saturated carbocycles. The van der Waals surface area contributed by atoms with Crippen LogP contribution in [0.2, 0.25) is 0 Å². The second kappa shape index (κ2) is 44.7. The summed E-state index contributed by atoms with van der Waals surface area (Å²) in [5, 5.41) is 4.08. The van der Waals surface area contributed by atoms with E-state index in [1.54, 1.807) is 27.7 Å². The van der Waals surface area contributed by atoms with Crippen LogP contribution in [0.4, 0.5) is 61.5 Å². The van der Waals surface area contributed by atoms with Crippen LogP contribution in [-0.2, 0) is 25.7 Å². The van der Waals surface area contributed by atoms with Crippen LogP contribution in [-0.4, -0.2) is 244 Å². The molecule has 16 nitrogen and oxygen atoms in total. The monoisotopic (exact) mass is 2020 g/mol. The molecule has 0 radical (unpaired) electrons. The van der Waals surface area contributed by atoms with Crippen LogP contribution >= 0.6 is 0 Å². The Kier molecular flexibility index (Phi) is 32.7. The van der Waals surface area contributed by atoms with E-state index in [2.05, 4.69) is 79.4 Å². The van der Waals surface area contributed by atoms with Crippen LogP contribution in [0.1, 0.15) is 220 Å². The van der Waals surface area contributed by atoms with Gasteiger partial charge in [0, 0.05) is 253 Å². The van der Waals surface area contributed by atoms with Crippen LogP contribution in [0, 0.1) is 58.5 Å². The zero-order chi connectivity index (χ0) is 103. The van der Waals surface area contributed by atoms with E-state index in [0.29, 0.717) is 87.1 Å². The molecule has 0 bridgehead atoms. The summed E-state index contributed by atoms with van der Waals surface area (Å²) in [4.78, 5) is 29.5. The lowest BCUT2D eigenvalue weighted by Gasteiger charge is -2.43. The highest BCUT2D eigenvalue weighted by molar-refractivity contribution is 5.88. The maximum Gasteiger partial charge on any atom is 0.401 e. The Balaban J connectivity index is 0.000000132. The van der Waals surface area contributed by atoms with E-state index >= 15 is 35.1 Å². The lowest BCUT2D eigenvalue weighted by Crippen LogP contribution is -2.53. The number of hydrogen-bond donors (Lipinski definition) is 4. The van der Waals surface area contributed by atoms with Crippen LogP contribution in [0.15, 0.2) is 152 Å². The van der Waals surface area contributed by atoms with Gasteiger partial charge in [-0.1, -0.05) is 126 Å². The third-order valence-corrected chi connectivity index (χ3v) is 30.8. The Bertz CT molecular complexity index is 6370. The van der Waals surface area contributed by atoms with Gasteiger partial charge < -0.3 is 43.8 Å². The summed E-state index contributed by atoms with van der Waals surface area (Å²) in [6, 6.07) is 39.6. The molecule has 4 N–H and O–H groups in total. The van der Waals surface area contributed by atoms with Gasteiger partial charge in [0.15, 0.2) is 0 Å². The summed E-state index contributed by atoms with van der Waals surface area (Å²) in [5.74, 6) is -2.50. The molecular formula is C115H140F14N12O4. The number of halogens is 14. The summed E-state index contributed by atoms with van der Waals surface area (Å²) < 4.78 is 231. The maximum atomic E-state index is 15.7. The van der Waals surface area contributed by atoms with E-state index < -0.39 is 100 Å². The van der Waals surface area contributed by atoms with Crippen molar-refractivity contribution >= 4 is 43.6 Å².